The third-order valence-corrected chi connectivity index (χ3v) is 9.67. The van der Waals surface area contributed by atoms with Crippen molar-refractivity contribution in [3.8, 4) is 0 Å². The fraction of sp³-hybridized carbons (Fsp3) is 0.737. The van der Waals surface area contributed by atoms with E-state index >= 15 is 0 Å². The SMILES string of the molecule is O=C(C1CCC(NS(=O)(=O)c2ccc(Cl)s2)CC1)N1CCN(C2CCC2)CC1. The molecule has 0 aromatic carbocycles. The molecule has 0 spiro atoms. The van der Waals surface area contributed by atoms with Crippen molar-refractivity contribution in [3.63, 3.8) is 0 Å². The van der Waals surface area contributed by atoms with Gasteiger partial charge in [-0.1, -0.05) is 18.0 Å². The molecular weight excluding hydrogens is 418 g/mol. The first-order valence-corrected chi connectivity index (χ1v) is 12.9. The number of halogens is 1. The number of hydrogen-bond donors (Lipinski definition) is 1. The topological polar surface area (TPSA) is 69.7 Å². The van der Waals surface area contributed by atoms with Gasteiger partial charge in [-0.3, -0.25) is 9.69 Å². The third kappa shape index (κ3) is 4.56. The summed E-state index contributed by atoms with van der Waals surface area (Å²) in [7, 11) is -3.53. The lowest BCUT2D eigenvalue weighted by Crippen LogP contribution is -2.54. The maximum Gasteiger partial charge on any atom is 0.250 e. The van der Waals surface area contributed by atoms with Crippen molar-refractivity contribution in [2.45, 2.75) is 61.2 Å². The van der Waals surface area contributed by atoms with Crippen LogP contribution in [0.5, 0.6) is 0 Å². The first-order valence-electron chi connectivity index (χ1n) is 10.2. The van der Waals surface area contributed by atoms with Crippen LogP contribution >= 0.6 is 22.9 Å². The number of sulfonamides is 1. The molecule has 1 amide bonds. The number of piperazine rings is 1. The van der Waals surface area contributed by atoms with Gasteiger partial charge in [0.2, 0.25) is 15.9 Å². The van der Waals surface area contributed by atoms with E-state index in [2.05, 4.69) is 9.62 Å². The van der Waals surface area contributed by atoms with Crippen LogP contribution in [0.25, 0.3) is 0 Å². The standard InChI is InChI=1S/C19H28ClN3O3S2/c20-17-8-9-18(27-17)28(25,26)21-15-6-4-14(5-7-15)19(24)23-12-10-22(11-13-23)16-2-1-3-16/h8-9,14-16,21H,1-7,10-13H2. The number of carbonyl (C=O) groups is 1. The normalized spacial score (nSPS) is 27.5. The van der Waals surface area contributed by atoms with Crippen molar-refractivity contribution in [1.82, 2.24) is 14.5 Å². The number of carbonyl (C=O) groups excluding carboxylic acids is 1. The van der Waals surface area contributed by atoms with E-state index in [9.17, 15) is 13.2 Å². The van der Waals surface area contributed by atoms with Crippen molar-refractivity contribution in [3.05, 3.63) is 16.5 Å². The highest BCUT2D eigenvalue weighted by molar-refractivity contribution is 7.91. The van der Waals surface area contributed by atoms with E-state index in [1.54, 1.807) is 6.07 Å². The molecule has 0 atom stereocenters. The molecule has 28 heavy (non-hydrogen) atoms. The molecule has 0 unspecified atom stereocenters. The number of amides is 1. The van der Waals surface area contributed by atoms with Gasteiger partial charge in [-0.2, -0.15) is 0 Å². The van der Waals surface area contributed by atoms with Gasteiger partial charge in [-0.15, -0.1) is 11.3 Å². The van der Waals surface area contributed by atoms with Crippen LogP contribution in [0.4, 0.5) is 0 Å². The van der Waals surface area contributed by atoms with Gasteiger partial charge < -0.3 is 4.90 Å². The number of nitrogens with zero attached hydrogens (tertiary/aromatic N) is 2. The second-order valence-electron chi connectivity index (χ2n) is 8.17. The fourth-order valence-electron chi connectivity index (χ4n) is 4.50. The van der Waals surface area contributed by atoms with E-state index in [0.29, 0.717) is 17.2 Å². The Balaban J connectivity index is 1.24. The van der Waals surface area contributed by atoms with E-state index < -0.39 is 10.0 Å². The Labute approximate surface area is 176 Å². The monoisotopic (exact) mass is 445 g/mol. The number of rotatable bonds is 5. The average molecular weight is 446 g/mol. The van der Waals surface area contributed by atoms with Crippen molar-refractivity contribution in [1.29, 1.82) is 0 Å². The molecular formula is C19H28ClN3O3S2. The van der Waals surface area contributed by atoms with Crippen LogP contribution in [0.3, 0.4) is 0 Å². The average Bonchev–Trinajstić information content (AvgIpc) is 3.08. The molecule has 2 heterocycles. The Morgan fingerprint density at radius 3 is 2.25 bits per heavy atom. The predicted octanol–water partition coefficient (Wildman–Crippen LogP) is 2.94. The highest BCUT2D eigenvalue weighted by atomic mass is 35.5. The summed E-state index contributed by atoms with van der Waals surface area (Å²) >= 11 is 6.92. The minimum Gasteiger partial charge on any atom is -0.340 e. The van der Waals surface area contributed by atoms with Crippen LogP contribution in [0.2, 0.25) is 4.34 Å². The molecule has 2 saturated carbocycles. The first kappa shape index (κ1) is 20.6. The zero-order chi connectivity index (χ0) is 19.7. The van der Waals surface area contributed by atoms with Crippen molar-refractivity contribution >= 4 is 38.9 Å². The summed E-state index contributed by atoms with van der Waals surface area (Å²) in [5.41, 5.74) is 0. The van der Waals surface area contributed by atoms with Crippen LogP contribution in [0.1, 0.15) is 44.9 Å². The van der Waals surface area contributed by atoms with E-state index in [1.165, 1.54) is 25.3 Å². The molecule has 1 N–H and O–H groups in total. The molecule has 0 bridgehead atoms. The van der Waals surface area contributed by atoms with Crippen molar-refractivity contribution in [2.75, 3.05) is 26.2 Å². The Bertz CT molecular complexity index is 793. The van der Waals surface area contributed by atoms with Crippen LogP contribution < -0.4 is 4.72 Å². The van der Waals surface area contributed by atoms with E-state index in [4.69, 9.17) is 11.6 Å². The molecule has 0 radical (unpaired) electrons. The van der Waals surface area contributed by atoms with E-state index in [1.807, 2.05) is 4.90 Å². The molecule has 6 nitrogen and oxygen atoms in total. The minimum absolute atomic E-state index is 0.0344. The molecule has 2 aliphatic carbocycles. The zero-order valence-corrected chi connectivity index (χ0v) is 18.4. The quantitative estimate of drug-likeness (QED) is 0.756. The molecule has 1 aromatic heterocycles. The van der Waals surface area contributed by atoms with Crippen molar-refractivity contribution in [2.24, 2.45) is 5.92 Å². The van der Waals surface area contributed by atoms with Crippen LogP contribution in [0, 0.1) is 5.92 Å². The zero-order valence-electron chi connectivity index (χ0n) is 16.0. The molecule has 3 aliphatic rings. The second kappa shape index (κ2) is 8.60. The second-order valence-corrected chi connectivity index (χ2v) is 11.8. The van der Waals surface area contributed by atoms with Gasteiger partial charge in [-0.05, 0) is 50.7 Å². The molecule has 3 fully saturated rings. The van der Waals surface area contributed by atoms with E-state index in [-0.39, 0.29) is 22.1 Å². The summed E-state index contributed by atoms with van der Waals surface area (Å²) in [5, 5.41) is 0. The lowest BCUT2D eigenvalue weighted by atomic mass is 9.85. The maximum absolute atomic E-state index is 12.9. The molecule has 1 aliphatic heterocycles. The van der Waals surface area contributed by atoms with Gasteiger partial charge in [0.25, 0.3) is 0 Å². The van der Waals surface area contributed by atoms with Gasteiger partial charge in [0.1, 0.15) is 4.21 Å². The fourth-order valence-corrected chi connectivity index (χ4v) is 7.30. The van der Waals surface area contributed by atoms with Crippen LogP contribution in [-0.4, -0.2) is 62.4 Å². The molecule has 1 aromatic rings. The smallest absolute Gasteiger partial charge is 0.250 e. The Morgan fingerprint density at radius 2 is 1.71 bits per heavy atom. The summed E-state index contributed by atoms with van der Waals surface area (Å²) in [4.78, 5) is 17.4. The first-order chi connectivity index (χ1) is 13.4. The van der Waals surface area contributed by atoms with Gasteiger partial charge in [-0.25, -0.2) is 13.1 Å². The summed E-state index contributed by atoms with van der Waals surface area (Å²) < 4.78 is 28.4. The van der Waals surface area contributed by atoms with Gasteiger partial charge >= 0.3 is 0 Å². The van der Waals surface area contributed by atoms with Crippen LogP contribution in [0.15, 0.2) is 16.3 Å². The molecule has 9 heteroatoms. The van der Waals surface area contributed by atoms with Crippen molar-refractivity contribution < 1.29 is 13.2 Å². The Hall–Kier alpha value is -0.670. The highest BCUT2D eigenvalue weighted by Crippen LogP contribution is 2.30. The number of thiophene rings is 1. The molecule has 4 rings (SSSR count). The van der Waals surface area contributed by atoms with Gasteiger partial charge in [0.15, 0.2) is 0 Å². The predicted molar refractivity (Wildman–Crippen MR) is 111 cm³/mol. The van der Waals surface area contributed by atoms with Crippen LogP contribution in [-0.2, 0) is 14.8 Å². The lowest BCUT2D eigenvalue weighted by molar-refractivity contribution is -0.139. The summed E-state index contributed by atoms with van der Waals surface area (Å²) in [6.45, 7) is 3.66. The largest absolute Gasteiger partial charge is 0.340 e. The number of hydrogen-bond acceptors (Lipinski definition) is 5. The maximum atomic E-state index is 12.9. The lowest BCUT2D eigenvalue weighted by Gasteiger charge is -2.44. The van der Waals surface area contributed by atoms with E-state index in [0.717, 1.165) is 56.4 Å². The summed E-state index contributed by atoms with van der Waals surface area (Å²) in [5.74, 6) is 0.298. The van der Waals surface area contributed by atoms with Gasteiger partial charge in [0.05, 0.1) is 4.34 Å². The third-order valence-electron chi connectivity index (χ3n) is 6.43. The number of nitrogens with one attached hydrogen (secondary N) is 1. The minimum atomic E-state index is -3.53. The summed E-state index contributed by atoms with van der Waals surface area (Å²) in [6, 6.07) is 3.78. The summed E-state index contributed by atoms with van der Waals surface area (Å²) in [6.07, 6.45) is 6.88. The Morgan fingerprint density at radius 1 is 1.04 bits per heavy atom. The molecule has 1 saturated heterocycles. The highest BCUT2D eigenvalue weighted by Gasteiger charge is 2.34. The molecule has 156 valence electrons. The Kier molecular flexibility index (Phi) is 6.32. The van der Waals surface area contributed by atoms with Gasteiger partial charge in [0, 0.05) is 44.2 Å².